The predicted octanol–water partition coefficient (Wildman–Crippen LogP) is 2.70. The minimum atomic E-state index is -1.30. The highest BCUT2D eigenvalue weighted by Gasteiger charge is 2.30. The van der Waals surface area contributed by atoms with Gasteiger partial charge in [0.1, 0.15) is 0 Å². The second-order valence-corrected chi connectivity index (χ2v) is 4.10. The second-order valence-electron chi connectivity index (χ2n) is 4.10. The van der Waals surface area contributed by atoms with Crippen molar-refractivity contribution in [3.05, 3.63) is 71.8 Å². The lowest BCUT2D eigenvalue weighted by Crippen LogP contribution is -2.33. The molecule has 0 aliphatic carbocycles. The molecule has 0 aromatic heterocycles. The van der Waals surface area contributed by atoms with Crippen molar-refractivity contribution in [2.45, 2.75) is 6.10 Å². The molecule has 2 aromatic rings. The first kappa shape index (κ1) is 14.1. The summed E-state index contributed by atoms with van der Waals surface area (Å²) in [5.41, 5.74) is 0.803. The van der Waals surface area contributed by atoms with E-state index >= 15 is 0 Å². The maximum atomic E-state index is 12.3. The zero-order valence-electron chi connectivity index (χ0n) is 11.0. The van der Waals surface area contributed by atoms with E-state index in [1.54, 1.807) is 60.7 Å². The summed E-state index contributed by atoms with van der Waals surface area (Å²) < 4.78 is 0. The van der Waals surface area contributed by atoms with Crippen LogP contribution < -0.4 is 0 Å². The first-order valence-electron chi connectivity index (χ1n) is 6.12. The topological polar surface area (TPSA) is 52.6 Å². The van der Waals surface area contributed by atoms with Crippen LogP contribution in [0.2, 0.25) is 0 Å². The van der Waals surface area contributed by atoms with Crippen molar-refractivity contribution in [3.8, 4) is 0 Å². The number of rotatable bonds is 6. The van der Waals surface area contributed by atoms with Crippen LogP contribution in [-0.2, 0) is 9.78 Å². The van der Waals surface area contributed by atoms with E-state index < -0.39 is 17.7 Å². The summed E-state index contributed by atoms with van der Waals surface area (Å²) in [5, 5.41) is 0. The number of hydrogen-bond donors (Lipinski definition) is 0. The molecule has 4 heteroatoms. The van der Waals surface area contributed by atoms with E-state index in [0.717, 1.165) is 0 Å². The number of hydrogen-bond acceptors (Lipinski definition) is 4. The Bertz CT molecular complexity index is 526. The summed E-state index contributed by atoms with van der Waals surface area (Å²) >= 11 is 0. The van der Waals surface area contributed by atoms with Gasteiger partial charge in [0, 0.05) is 11.1 Å². The molecule has 2 aromatic carbocycles. The van der Waals surface area contributed by atoms with Crippen LogP contribution in [0.5, 0.6) is 0 Å². The van der Waals surface area contributed by atoms with Crippen LogP contribution in [0.3, 0.4) is 0 Å². The molecule has 0 saturated heterocycles. The van der Waals surface area contributed by atoms with Crippen molar-refractivity contribution in [3.63, 3.8) is 0 Å². The molecule has 0 aliphatic heterocycles. The normalized spacial score (nSPS) is 10.5. The van der Waals surface area contributed by atoms with E-state index in [1.165, 1.54) is 7.11 Å². The van der Waals surface area contributed by atoms with Crippen molar-refractivity contribution >= 4 is 11.6 Å². The third kappa shape index (κ3) is 3.17. The molecule has 0 heterocycles. The highest BCUT2D eigenvalue weighted by Crippen LogP contribution is 2.12. The zero-order chi connectivity index (χ0) is 14.4. The van der Waals surface area contributed by atoms with Gasteiger partial charge in [-0.05, 0) is 0 Å². The number of carbonyl (C=O) groups excluding carboxylic acids is 2. The maximum Gasteiger partial charge on any atom is 0.218 e. The van der Waals surface area contributed by atoms with Crippen molar-refractivity contribution in [2.75, 3.05) is 7.11 Å². The molecule has 4 nitrogen and oxygen atoms in total. The van der Waals surface area contributed by atoms with E-state index in [0.29, 0.717) is 11.1 Å². The fourth-order valence-corrected chi connectivity index (χ4v) is 1.81. The molecular weight excluding hydrogens is 256 g/mol. The molecule has 20 heavy (non-hydrogen) atoms. The van der Waals surface area contributed by atoms with Crippen molar-refractivity contribution in [1.29, 1.82) is 0 Å². The van der Waals surface area contributed by atoms with Gasteiger partial charge in [0.2, 0.25) is 17.7 Å². The average molecular weight is 270 g/mol. The van der Waals surface area contributed by atoms with E-state index in [4.69, 9.17) is 4.89 Å². The van der Waals surface area contributed by atoms with Crippen LogP contribution in [-0.4, -0.2) is 24.8 Å². The van der Waals surface area contributed by atoms with Crippen LogP contribution in [0.25, 0.3) is 0 Å². The third-order valence-corrected chi connectivity index (χ3v) is 2.79. The second kappa shape index (κ2) is 6.75. The molecule has 0 N–H and O–H groups in total. The number of Topliss-reactive ketones (excluding diaryl/α,β-unsaturated/α-hetero) is 2. The highest BCUT2D eigenvalue weighted by atomic mass is 17.2. The van der Waals surface area contributed by atoms with E-state index in [2.05, 4.69) is 4.89 Å². The van der Waals surface area contributed by atoms with Gasteiger partial charge < -0.3 is 0 Å². The van der Waals surface area contributed by atoms with Crippen LogP contribution in [0, 0.1) is 0 Å². The molecule has 102 valence electrons. The van der Waals surface area contributed by atoms with Crippen molar-refractivity contribution in [2.24, 2.45) is 0 Å². The van der Waals surface area contributed by atoms with Crippen LogP contribution in [0.1, 0.15) is 20.7 Å². The van der Waals surface area contributed by atoms with Crippen LogP contribution in [0.4, 0.5) is 0 Å². The average Bonchev–Trinajstić information content (AvgIpc) is 2.53. The Labute approximate surface area is 116 Å². The molecule has 0 aliphatic rings. The Hall–Kier alpha value is -2.30. The summed E-state index contributed by atoms with van der Waals surface area (Å²) in [6.07, 6.45) is -1.30. The van der Waals surface area contributed by atoms with Gasteiger partial charge in [-0.1, -0.05) is 60.7 Å². The summed E-state index contributed by atoms with van der Waals surface area (Å²) in [6, 6.07) is 17.0. The highest BCUT2D eigenvalue weighted by molar-refractivity contribution is 6.18. The minimum Gasteiger partial charge on any atom is -0.291 e. The summed E-state index contributed by atoms with van der Waals surface area (Å²) in [7, 11) is 1.27. The summed E-state index contributed by atoms with van der Waals surface area (Å²) in [4.78, 5) is 34.1. The lowest BCUT2D eigenvalue weighted by atomic mass is 9.99. The van der Waals surface area contributed by atoms with Gasteiger partial charge in [-0.15, -0.1) is 0 Å². The molecule has 0 radical (unpaired) electrons. The fourth-order valence-electron chi connectivity index (χ4n) is 1.81. The lowest BCUT2D eigenvalue weighted by molar-refractivity contribution is -0.279. The van der Waals surface area contributed by atoms with E-state index in [1.807, 2.05) is 0 Å². The number of carbonyl (C=O) groups is 2. The molecule has 0 spiro atoms. The van der Waals surface area contributed by atoms with E-state index in [-0.39, 0.29) is 0 Å². The van der Waals surface area contributed by atoms with Crippen molar-refractivity contribution in [1.82, 2.24) is 0 Å². The molecule has 0 fully saturated rings. The van der Waals surface area contributed by atoms with Gasteiger partial charge >= 0.3 is 0 Å². The van der Waals surface area contributed by atoms with Crippen LogP contribution in [0.15, 0.2) is 60.7 Å². The SMILES string of the molecule is COOC(C(=O)c1ccccc1)C(=O)c1ccccc1. The Kier molecular flexibility index (Phi) is 4.76. The van der Waals surface area contributed by atoms with Gasteiger partial charge in [-0.3, -0.25) is 9.59 Å². The number of ketones is 2. The van der Waals surface area contributed by atoms with Crippen molar-refractivity contribution < 1.29 is 19.4 Å². The van der Waals surface area contributed by atoms with Gasteiger partial charge in [0.15, 0.2) is 0 Å². The fraction of sp³-hybridized carbons (Fsp3) is 0.125. The van der Waals surface area contributed by atoms with Gasteiger partial charge in [-0.2, -0.15) is 0 Å². The van der Waals surface area contributed by atoms with Gasteiger partial charge in [0.25, 0.3) is 0 Å². The molecule has 0 unspecified atom stereocenters. The Morgan fingerprint density at radius 3 is 1.55 bits per heavy atom. The molecule has 0 saturated carbocycles. The summed E-state index contributed by atoms with van der Waals surface area (Å²) in [5.74, 6) is -0.859. The molecule has 0 bridgehead atoms. The maximum absolute atomic E-state index is 12.3. The Balaban J connectivity index is 2.27. The first-order chi connectivity index (χ1) is 9.74. The predicted molar refractivity (Wildman–Crippen MR) is 73.4 cm³/mol. The third-order valence-electron chi connectivity index (χ3n) is 2.79. The van der Waals surface area contributed by atoms with Gasteiger partial charge in [-0.25, -0.2) is 9.78 Å². The monoisotopic (exact) mass is 270 g/mol. The lowest BCUT2D eigenvalue weighted by Gasteiger charge is -2.13. The Morgan fingerprint density at radius 1 is 0.800 bits per heavy atom. The summed E-state index contributed by atoms with van der Waals surface area (Å²) in [6.45, 7) is 0. The van der Waals surface area contributed by atoms with Gasteiger partial charge in [0.05, 0.1) is 7.11 Å². The molecule has 0 amide bonds. The molecule has 0 atom stereocenters. The smallest absolute Gasteiger partial charge is 0.218 e. The molecule has 2 rings (SSSR count). The quantitative estimate of drug-likeness (QED) is 0.350. The molecular formula is C16H14O4. The standard InChI is InChI=1S/C16H14O4/c1-19-20-16(14(17)12-8-4-2-5-9-12)15(18)13-10-6-3-7-11-13/h2-11,16H,1H3. The first-order valence-corrected chi connectivity index (χ1v) is 6.12. The Morgan fingerprint density at radius 2 is 1.20 bits per heavy atom. The zero-order valence-corrected chi connectivity index (χ0v) is 11.0. The minimum absolute atomic E-state index is 0.402. The van der Waals surface area contributed by atoms with E-state index in [9.17, 15) is 9.59 Å². The van der Waals surface area contributed by atoms with Crippen LogP contribution >= 0.6 is 0 Å². The largest absolute Gasteiger partial charge is 0.291 e. The number of benzene rings is 2.